The molecule has 0 atom stereocenters. The lowest BCUT2D eigenvalue weighted by Crippen LogP contribution is -2.49. The first kappa shape index (κ1) is 23.5. The van der Waals surface area contributed by atoms with Crippen LogP contribution in [0.2, 0.25) is 0 Å². The van der Waals surface area contributed by atoms with Gasteiger partial charge in [-0.1, -0.05) is 42.5 Å². The number of nitrogens with one attached hydrogen (secondary N) is 2. The largest absolute Gasteiger partial charge is 0.354 e. The summed E-state index contributed by atoms with van der Waals surface area (Å²) in [7, 11) is 0. The van der Waals surface area contributed by atoms with Crippen LogP contribution in [0.4, 0.5) is 5.69 Å². The standard InChI is InChI=1S/C23H29N5O2.HI/c29-28(30)22-10-6-18(7-11-22)16-24-23(25-20-8-9-20)26-21-12-14-27(15-13-21)17-19-4-2-1-3-5-19;/h1-7,10-11,20-21H,8-9,12-17H2,(H2,24,25,26);1H. The maximum Gasteiger partial charge on any atom is 0.269 e. The van der Waals surface area contributed by atoms with Crippen molar-refractivity contribution in [3.8, 4) is 0 Å². The number of aliphatic imine (C=N–C) groups is 1. The van der Waals surface area contributed by atoms with E-state index in [0.717, 1.165) is 44.0 Å². The molecule has 1 saturated carbocycles. The number of guanidine groups is 1. The van der Waals surface area contributed by atoms with Crippen molar-refractivity contribution in [2.24, 2.45) is 4.99 Å². The van der Waals surface area contributed by atoms with Crippen LogP contribution in [0, 0.1) is 10.1 Å². The molecule has 0 radical (unpaired) electrons. The molecule has 0 unspecified atom stereocenters. The molecule has 2 fully saturated rings. The van der Waals surface area contributed by atoms with Crippen LogP contribution in [0.15, 0.2) is 59.6 Å². The third kappa shape index (κ3) is 7.46. The van der Waals surface area contributed by atoms with Crippen molar-refractivity contribution in [3.05, 3.63) is 75.8 Å². The maximum atomic E-state index is 10.8. The number of nitro benzene ring substituents is 1. The summed E-state index contributed by atoms with van der Waals surface area (Å²) in [4.78, 5) is 17.7. The van der Waals surface area contributed by atoms with Gasteiger partial charge in [0.2, 0.25) is 0 Å². The first-order valence-corrected chi connectivity index (χ1v) is 10.7. The molecular weight excluding hydrogens is 505 g/mol. The molecule has 31 heavy (non-hydrogen) atoms. The van der Waals surface area contributed by atoms with Gasteiger partial charge in [-0.05, 0) is 36.8 Å². The Balaban J connectivity index is 0.00000272. The van der Waals surface area contributed by atoms with Crippen molar-refractivity contribution >= 4 is 35.6 Å². The Morgan fingerprint density at radius 1 is 0.935 bits per heavy atom. The third-order valence-electron chi connectivity index (χ3n) is 5.66. The van der Waals surface area contributed by atoms with E-state index in [-0.39, 0.29) is 34.6 Å². The Kier molecular flexibility index (Phi) is 8.65. The van der Waals surface area contributed by atoms with Gasteiger partial charge in [-0.3, -0.25) is 15.0 Å². The number of non-ortho nitro benzene ring substituents is 1. The molecule has 7 nitrogen and oxygen atoms in total. The van der Waals surface area contributed by atoms with E-state index in [1.54, 1.807) is 12.1 Å². The Bertz CT molecular complexity index is 863. The van der Waals surface area contributed by atoms with Crippen LogP contribution < -0.4 is 10.6 Å². The highest BCUT2D eigenvalue weighted by Crippen LogP contribution is 2.19. The Hall–Kier alpha value is -2.20. The van der Waals surface area contributed by atoms with Gasteiger partial charge in [0.1, 0.15) is 0 Å². The first-order valence-electron chi connectivity index (χ1n) is 10.7. The number of rotatable bonds is 7. The fraction of sp³-hybridized carbons (Fsp3) is 0.435. The lowest BCUT2D eigenvalue weighted by Gasteiger charge is -2.33. The summed E-state index contributed by atoms with van der Waals surface area (Å²) in [6.07, 6.45) is 4.56. The van der Waals surface area contributed by atoms with Gasteiger partial charge >= 0.3 is 0 Å². The molecule has 1 aliphatic carbocycles. The Morgan fingerprint density at radius 3 is 2.13 bits per heavy atom. The van der Waals surface area contributed by atoms with E-state index in [2.05, 4.69) is 45.9 Å². The number of benzene rings is 2. The minimum atomic E-state index is -0.376. The van der Waals surface area contributed by atoms with Crippen molar-refractivity contribution in [2.75, 3.05) is 13.1 Å². The van der Waals surface area contributed by atoms with E-state index < -0.39 is 0 Å². The van der Waals surface area contributed by atoms with E-state index in [4.69, 9.17) is 4.99 Å². The molecule has 1 saturated heterocycles. The van der Waals surface area contributed by atoms with Crippen molar-refractivity contribution in [1.82, 2.24) is 15.5 Å². The van der Waals surface area contributed by atoms with E-state index in [9.17, 15) is 10.1 Å². The minimum Gasteiger partial charge on any atom is -0.354 e. The maximum absolute atomic E-state index is 10.8. The molecule has 1 aliphatic heterocycles. The molecule has 0 aromatic heterocycles. The van der Waals surface area contributed by atoms with E-state index in [1.807, 2.05) is 0 Å². The summed E-state index contributed by atoms with van der Waals surface area (Å²) in [5, 5.41) is 17.9. The molecule has 0 amide bonds. The number of halogens is 1. The number of nitrogens with zero attached hydrogens (tertiary/aromatic N) is 3. The first-order chi connectivity index (χ1) is 14.7. The zero-order valence-corrected chi connectivity index (χ0v) is 19.9. The highest BCUT2D eigenvalue weighted by molar-refractivity contribution is 14.0. The lowest BCUT2D eigenvalue weighted by atomic mass is 10.0. The number of hydrogen-bond acceptors (Lipinski definition) is 4. The Labute approximate surface area is 200 Å². The predicted molar refractivity (Wildman–Crippen MR) is 134 cm³/mol. The van der Waals surface area contributed by atoms with Gasteiger partial charge in [0.25, 0.3) is 5.69 Å². The lowest BCUT2D eigenvalue weighted by molar-refractivity contribution is -0.384. The molecule has 166 valence electrons. The molecule has 2 aromatic rings. The van der Waals surface area contributed by atoms with Crippen LogP contribution in [-0.2, 0) is 13.1 Å². The molecule has 0 spiro atoms. The van der Waals surface area contributed by atoms with Crippen LogP contribution >= 0.6 is 24.0 Å². The van der Waals surface area contributed by atoms with Gasteiger partial charge in [-0.15, -0.1) is 24.0 Å². The average Bonchev–Trinajstić information content (AvgIpc) is 3.58. The van der Waals surface area contributed by atoms with Gasteiger partial charge in [0, 0.05) is 43.9 Å². The fourth-order valence-electron chi connectivity index (χ4n) is 3.72. The SMILES string of the molecule is I.O=[N+]([O-])c1ccc(CN=C(NC2CC2)NC2CCN(Cc3ccccc3)CC2)cc1. The molecular formula is C23H30IN5O2. The molecule has 2 aromatic carbocycles. The molecule has 1 heterocycles. The quantitative estimate of drug-likeness (QED) is 0.184. The predicted octanol–water partition coefficient (Wildman–Crippen LogP) is 4.08. The number of hydrogen-bond donors (Lipinski definition) is 2. The van der Waals surface area contributed by atoms with Gasteiger partial charge in [-0.25, -0.2) is 4.99 Å². The highest BCUT2D eigenvalue weighted by Gasteiger charge is 2.25. The summed E-state index contributed by atoms with van der Waals surface area (Å²) in [6.45, 7) is 3.67. The zero-order chi connectivity index (χ0) is 20.8. The number of piperidine rings is 1. The zero-order valence-electron chi connectivity index (χ0n) is 17.6. The highest BCUT2D eigenvalue weighted by atomic mass is 127. The van der Waals surface area contributed by atoms with Crippen molar-refractivity contribution in [3.63, 3.8) is 0 Å². The molecule has 2 N–H and O–H groups in total. The second-order valence-corrected chi connectivity index (χ2v) is 8.19. The Morgan fingerprint density at radius 2 is 1.55 bits per heavy atom. The van der Waals surface area contributed by atoms with E-state index in [1.165, 1.54) is 30.5 Å². The van der Waals surface area contributed by atoms with Gasteiger partial charge in [-0.2, -0.15) is 0 Å². The average molecular weight is 535 g/mol. The summed E-state index contributed by atoms with van der Waals surface area (Å²) >= 11 is 0. The number of nitro groups is 1. The number of likely N-dealkylation sites (tertiary alicyclic amines) is 1. The monoisotopic (exact) mass is 535 g/mol. The minimum absolute atomic E-state index is 0. The van der Waals surface area contributed by atoms with E-state index >= 15 is 0 Å². The van der Waals surface area contributed by atoms with Crippen molar-refractivity contribution < 1.29 is 4.92 Å². The van der Waals surface area contributed by atoms with Crippen molar-refractivity contribution in [1.29, 1.82) is 0 Å². The molecule has 8 heteroatoms. The topological polar surface area (TPSA) is 82.8 Å². The van der Waals surface area contributed by atoms with Crippen LogP contribution in [0.3, 0.4) is 0 Å². The molecule has 0 bridgehead atoms. The summed E-state index contributed by atoms with van der Waals surface area (Å²) in [5.41, 5.74) is 2.44. The van der Waals surface area contributed by atoms with Crippen LogP contribution in [-0.4, -0.2) is 41.0 Å². The summed E-state index contributed by atoms with van der Waals surface area (Å²) < 4.78 is 0. The summed E-state index contributed by atoms with van der Waals surface area (Å²) in [5.74, 6) is 0.859. The van der Waals surface area contributed by atoms with Gasteiger partial charge in [0.05, 0.1) is 11.5 Å². The second-order valence-electron chi connectivity index (χ2n) is 8.19. The second kappa shape index (κ2) is 11.4. The molecule has 2 aliphatic rings. The van der Waals surface area contributed by atoms with Gasteiger partial charge in [0.15, 0.2) is 5.96 Å². The van der Waals surface area contributed by atoms with Crippen LogP contribution in [0.5, 0.6) is 0 Å². The third-order valence-corrected chi connectivity index (χ3v) is 5.66. The van der Waals surface area contributed by atoms with Gasteiger partial charge < -0.3 is 10.6 Å². The van der Waals surface area contributed by atoms with E-state index in [0.29, 0.717) is 18.6 Å². The smallest absolute Gasteiger partial charge is 0.269 e. The summed E-state index contributed by atoms with van der Waals surface area (Å²) in [6, 6.07) is 18.2. The normalized spacial score (nSPS) is 17.6. The molecule has 4 rings (SSSR count). The van der Waals surface area contributed by atoms with Crippen molar-refractivity contribution in [2.45, 2.75) is 50.9 Å². The van der Waals surface area contributed by atoms with Crippen LogP contribution in [0.25, 0.3) is 0 Å². The fourth-order valence-corrected chi connectivity index (χ4v) is 3.72. The van der Waals surface area contributed by atoms with Crippen LogP contribution in [0.1, 0.15) is 36.8 Å².